The third-order valence-electron chi connectivity index (χ3n) is 2.14. The van der Waals surface area contributed by atoms with Crippen LogP contribution in [0.2, 0.25) is 0 Å². The molecule has 0 saturated heterocycles. The first-order valence-corrected chi connectivity index (χ1v) is 5.31. The SMILES string of the molecule is CC(=O)c1ccc(N2NOC(O)=C2Br)cc1. The van der Waals surface area contributed by atoms with Gasteiger partial charge in [0.05, 0.1) is 5.69 Å². The Balaban J connectivity index is 2.26. The van der Waals surface area contributed by atoms with Crippen LogP contribution in [0.25, 0.3) is 0 Å². The molecule has 0 atom stereocenters. The summed E-state index contributed by atoms with van der Waals surface area (Å²) in [6, 6.07) is 6.89. The van der Waals surface area contributed by atoms with Gasteiger partial charge in [0.25, 0.3) is 0 Å². The molecule has 1 aliphatic rings. The molecular formula is C10H9BrN2O3. The molecule has 0 saturated carbocycles. The molecule has 5 nitrogen and oxygen atoms in total. The minimum atomic E-state index is -0.240. The maximum absolute atomic E-state index is 11.1. The molecule has 0 spiro atoms. The van der Waals surface area contributed by atoms with Crippen molar-refractivity contribution in [1.29, 1.82) is 0 Å². The molecule has 0 unspecified atom stereocenters. The van der Waals surface area contributed by atoms with Crippen molar-refractivity contribution in [3.05, 3.63) is 40.4 Å². The van der Waals surface area contributed by atoms with E-state index in [1.54, 1.807) is 24.3 Å². The number of carbonyl (C=O) groups is 1. The molecule has 1 aromatic rings. The molecule has 16 heavy (non-hydrogen) atoms. The zero-order valence-electron chi connectivity index (χ0n) is 8.40. The fourth-order valence-corrected chi connectivity index (χ4v) is 1.64. The molecule has 0 bridgehead atoms. The molecular weight excluding hydrogens is 276 g/mol. The minimum absolute atomic E-state index is 0.00892. The number of aliphatic hydroxyl groups is 1. The molecule has 0 aliphatic carbocycles. The van der Waals surface area contributed by atoms with Gasteiger partial charge in [-0.15, -0.1) is 0 Å². The zero-order chi connectivity index (χ0) is 11.7. The van der Waals surface area contributed by atoms with Crippen molar-refractivity contribution in [3.63, 3.8) is 0 Å². The number of nitrogens with one attached hydrogen (secondary N) is 1. The molecule has 1 aliphatic heterocycles. The summed E-state index contributed by atoms with van der Waals surface area (Å²) in [5, 5.41) is 10.7. The lowest BCUT2D eigenvalue weighted by atomic mass is 10.1. The second-order valence-corrected chi connectivity index (χ2v) is 3.98. The summed E-state index contributed by atoms with van der Waals surface area (Å²) < 4.78 is 0.378. The highest BCUT2D eigenvalue weighted by atomic mass is 79.9. The summed E-state index contributed by atoms with van der Waals surface area (Å²) in [5.41, 5.74) is 3.87. The Morgan fingerprint density at radius 2 is 2.06 bits per heavy atom. The number of anilines is 1. The highest BCUT2D eigenvalue weighted by Gasteiger charge is 2.23. The summed E-state index contributed by atoms with van der Waals surface area (Å²) in [7, 11) is 0. The fourth-order valence-electron chi connectivity index (χ4n) is 1.28. The second-order valence-electron chi connectivity index (χ2n) is 3.23. The molecule has 0 fully saturated rings. The van der Waals surface area contributed by atoms with Gasteiger partial charge in [-0.05, 0) is 47.1 Å². The van der Waals surface area contributed by atoms with E-state index in [-0.39, 0.29) is 11.7 Å². The number of hydrogen-bond acceptors (Lipinski definition) is 5. The third kappa shape index (κ3) is 1.89. The van der Waals surface area contributed by atoms with Crippen LogP contribution in [0, 0.1) is 0 Å². The van der Waals surface area contributed by atoms with E-state index in [4.69, 9.17) is 4.84 Å². The van der Waals surface area contributed by atoms with E-state index in [0.29, 0.717) is 10.2 Å². The summed E-state index contributed by atoms with van der Waals surface area (Å²) >= 11 is 3.16. The lowest BCUT2D eigenvalue weighted by Gasteiger charge is -2.15. The minimum Gasteiger partial charge on any atom is -0.478 e. The molecule has 0 amide bonds. The first-order chi connectivity index (χ1) is 7.59. The number of ketones is 1. The van der Waals surface area contributed by atoms with E-state index in [0.717, 1.165) is 5.69 Å². The van der Waals surface area contributed by atoms with Gasteiger partial charge in [-0.2, -0.15) is 0 Å². The highest BCUT2D eigenvalue weighted by molar-refractivity contribution is 9.11. The van der Waals surface area contributed by atoms with Gasteiger partial charge in [-0.25, -0.2) is 5.01 Å². The molecule has 1 aromatic carbocycles. The normalized spacial score (nSPS) is 15.2. The predicted octanol–water partition coefficient (Wildman–Crippen LogP) is 2.22. The van der Waals surface area contributed by atoms with E-state index in [1.807, 2.05) is 0 Å². The number of rotatable bonds is 2. The first kappa shape index (κ1) is 11.0. The summed E-state index contributed by atoms with van der Waals surface area (Å²) in [6.45, 7) is 1.51. The van der Waals surface area contributed by atoms with Crippen molar-refractivity contribution in [2.24, 2.45) is 0 Å². The maximum Gasteiger partial charge on any atom is 0.332 e. The topological polar surface area (TPSA) is 61.8 Å². The number of carbonyl (C=O) groups excluding carboxylic acids is 1. The van der Waals surface area contributed by atoms with Gasteiger partial charge in [0.1, 0.15) is 0 Å². The Morgan fingerprint density at radius 3 is 2.50 bits per heavy atom. The molecule has 84 valence electrons. The van der Waals surface area contributed by atoms with Crippen LogP contribution in [0.5, 0.6) is 0 Å². The lowest BCUT2D eigenvalue weighted by Crippen LogP contribution is -2.29. The first-order valence-electron chi connectivity index (χ1n) is 4.52. The monoisotopic (exact) mass is 284 g/mol. The van der Waals surface area contributed by atoms with Gasteiger partial charge in [0.15, 0.2) is 10.4 Å². The Kier molecular flexibility index (Phi) is 2.84. The van der Waals surface area contributed by atoms with Gasteiger partial charge in [0.2, 0.25) is 0 Å². The molecule has 6 heteroatoms. The van der Waals surface area contributed by atoms with Crippen LogP contribution >= 0.6 is 15.9 Å². The van der Waals surface area contributed by atoms with Crippen LogP contribution in [-0.2, 0) is 4.84 Å². The Hall–Kier alpha value is -1.53. The van der Waals surface area contributed by atoms with Crippen molar-refractivity contribution in [3.8, 4) is 0 Å². The number of benzene rings is 1. The average Bonchev–Trinajstić information content (AvgIpc) is 2.60. The van der Waals surface area contributed by atoms with E-state index >= 15 is 0 Å². The van der Waals surface area contributed by atoms with E-state index in [1.165, 1.54) is 11.9 Å². The molecule has 2 N–H and O–H groups in total. The van der Waals surface area contributed by atoms with E-state index < -0.39 is 0 Å². The number of Topliss-reactive ketones (excluding diaryl/α,β-unsaturated/α-hetero) is 1. The number of halogens is 1. The largest absolute Gasteiger partial charge is 0.478 e. The van der Waals surface area contributed by atoms with Crippen molar-refractivity contribution >= 4 is 27.4 Å². The summed E-state index contributed by atoms with van der Waals surface area (Å²) in [6.07, 6.45) is 0. The molecule has 0 aromatic heterocycles. The zero-order valence-corrected chi connectivity index (χ0v) is 9.98. The predicted molar refractivity (Wildman–Crippen MR) is 61.7 cm³/mol. The Bertz CT molecular complexity index is 456. The number of hydrogen-bond donors (Lipinski definition) is 2. The average molecular weight is 285 g/mol. The number of aliphatic hydroxyl groups excluding tert-OH is 1. The highest BCUT2D eigenvalue weighted by Crippen LogP contribution is 2.27. The van der Waals surface area contributed by atoms with Crippen molar-refractivity contribution in [1.82, 2.24) is 5.59 Å². The van der Waals surface area contributed by atoms with E-state index in [2.05, 4.69) is 21.5 Å². The van der Waals surface area contributed by atoms with E-state index in [9.17, 15) is 9.90 Å². The van der Waals surface area contributed by atoms with Crippen LogP contribution in [0.15, 0.2) is 34.8 Å². The van der Waals surface area contributed by atoms with Crippen LogP contribution in [0.1, 0.15) is 17.3 Å². The van der Waals surface area contributed by atoms with Gasteiger partial charge < -0.3 is 9.94 Å². The molecule has 1 heterocycles. The standard InChI is InChI=1S/C10H9BrN2O3/c1-6(14)7-2-4-8(5-3-7)13-9(11)10(15)16-12-13/h2-5,12,15H,1H3. The van der Waals surface area contributed by atoms with Gasteiger partial charge in [0, 0.05) is 5.56 Å². The Labute approximate surface area is 100 Å². The summed E-state index contributed by atoms with van der Waals surface area (Å²) in [5.74, 6) is -0.231. The van der Waals surface area contributed by atoms with Crippen molar-refractivity contribution in [2.75, 3.05) is 5.01 Å². The number of hydrazine groups is 1. The third-order valence-corrected chi connectivity index (χ3v) is 2.83. The number of nitrogens with zero attached hydrogens (tertiary/aromatic N) is 1. The van der Waals surface area contributed by atoms with Crippen LogP contribution < -0.4 is 10.6 Å². The molecule has 0 radical (unpaired) electrons. The van der Waals surface area contributed by atoms with Gasteiger partial charge in [-0.3, -0.25) is 4.79 Å². The van der Waals surface area contributed by atoms with Crippen molar-refractivity contribution in [2.45, 2.75) is 6.92 Å². The lowest BCUT2D eigenvalue weighted by molar-refractivity contribution is 0.0458. The molecule has 2 rings (SSSR count). The Morgan fingerprint density at radius 1 is 1.44 bits per heavy atom. The second kappa shape index (κ2) is 4.15. The van der Waals surface area contributed by atoms with Crippen molar-refractivity contribution < 1.29 is 14.7 Å². The fraction of sp³-hybridized carbons (Fsp3) is 0.100. The quantitative estimate of drug-likeness (QED) is 0.644. The van der Waals surface area contributed by atoms with Gasteiger partial charge in [-0.1, -0.05) is 5.59 Å². The van der Waals surface area contributed by atoms with Gasteiger partial charge >= 0.3 is 5.95 Å². The maximum atomic E-state index is 11.1. The van der Waals surface area contributed by atoms with Crippen LogP contribution in [0.3, 0.4) is 0 Å². The summed E-state index contributed by atoms with van der Waals surface area (Å²) in [4.78, 5) is 15.8. The van der Waals surface area contributed by atoms with Crippen LogP contribution in [-0.4, -0.2) is 10.9 Å². The van der Waals surface area contributed by atoms with Crippen LogP contribution in [0.4, 0.5) is 5.69 Å². The smallest absolute Gasteiger partial charge is 0.332 e.